The first-order valence-electron chi connectivity index (χ1n) is 9.35. The normalized spacial score (nSPS) is 13.4. The molecule has 26 heavy (non-hydrogen) atoms. The Morgan fingerprint density at radius 1 is 1.23 bits per heavy atom. The Morgan fingerprint density at radius 2 is 2.00 bits per heavy atom. The lowest BCUT2D eigenvalue weighted by atomic mass is 10.2. The van der Waals surface area contributed by atoms with Crippen LogP contribution >= 0.6 is 11.8 Å². The van der Waals surface area contributed by atoms with Crippen LogP contribution in [0.2, 0.25) is 0 Å². The number of likely N-dealkylation sites (N-methyl/N-ethyl adjacent to an activating group) is 1. The van der Waals surface area contributed by atoms with Gasteiger partial charge in [-0.05, 0) is 44.0 Å². The van der Waals surface area contributed by atoms with Crippen LogP contribution in [0.4, 0.5) is 4.39 Å². The quantitative estimate of drug-likeness (QED) is 0.523. The molecule has 0 amide bonds. The first-order chi connectivity index (χ1) is 12.6. The number of rotatable bonds is 8. The number of thioether (sulfide) groups is 1. The van der Waals surface area contributed by atoms with Gasteiger partial charge in [-0.1, -0.05) is 32.0 Å². The number of nitrogens with zero attached hydrogens (tertiary/aromatic N) is 3. The van der Waals surface area contributed by atoms with Crippen LogP contribution in [0.25, 0.3) is 0 Å². The van der Waals surface area contributed by atoms with E-state index in [9.17, 15) is 9.18 Å². The van der Waals surface area contributed by atoms with Crippen LogP contribution in [-0.4, -0.2) is 34.1 Å². The van der Waals surface area contributed by atoms with Crippen molar-refractivity contribution in [2.24, 2.45) is 0 Å². The van der Waals surface area contributed by atoms with E-state index in [0.29, 0.717) is 17.9 Å². The highest BCUT2D eigenvalue weighted by molar-refractivity contribution is 7.98. The fraction of sp³-hybridized carbons (Fsp3) is 0.500. The van der Waals surface area contributed by atoms with Gasteiger partial charge in [0.2, 0.25) is 0 Å². The van der Waals surface area contributed by atoms with Crippen molar-refractivity contribution < 1.29 is 4.39 Å². The van der Waals surface area contributed by atoms with Crippen molar-refractivity contribution in [1.29, 1.82) is 0 Å². The molecule has 0 spiro atoms. The molecule has 1 aliphatic rings. The predicted octanol–water partition coefficient (Wildman–Crippen LogP) is 3.51. The van der Waals surface area contributed by atoms with E-state index in [0.717, 1.165) is 49.6 Å². The summed E-state index contributed by atoms with van der Waals surface area (Å²) in [6.07, 6.45) is 2.94. The standard InChI is InChI=1S/C20H26FN3OS/c1-3-23(4-2)12-13-24-18-11-7-9-16(18)19(22-20(24)25)26-14-15-8-5-6-10-17(15)21/h5-6,8,10H,3-4,7,9,11-14H2,1-2H3. The second kappa shape index (κ2) is 8.82. The third-order valence-corrected chi connectivity index (χ3v) is 6.12. The van der Waals surface area contributed by atoms with Crippen LogP contribution < -0.4 is 5.69 Å². The molecule has 0 saturated carbocycles. The Kier molecular flexibility index (Phi) is 6.48. The number of halogens is 1. The molecule has 6 heteroatoms. The van der Waals surface area contributed by atoms with Crippen molar-refractivity contribution in [3.05, 3.63) is 57.4 Å². The van der Waals surface area contributed by atoms with Crippen LogP contribution in [0.5, 0.6) is 0 Å². The molecule has 0 radical (unpaired) electrons. The van der Waals surface area contributed by atoms with Crippen LogP contribution in [0.15, 0.2) is 34.1 Å². The second-order valence-electron chi connectivity index (χ2n) is 6.54. The van der Waals surface area contributed by atoms with Crippen LogP contribution in [0.1, 0.15) is 37.1 Å². The van der Waals surface area contributed by atoms with E-state index in [1.807, 2.05) is 10.6 Å². The Labute approximate surface area is 158 Å². The summed E-state index contributed by atoms with van der Waals surface area (Å²) in [6, 6.07) is 6.78. The van der Waals surface area contributed by atoms with E-state index in [2.05, 4.69) is 23.7 Å². The van der Waals surface area contributed by atoms with E-state index < -0.39 is 0 Å². The fourth-order valence-corrected chi connectivity index (χ4v) is 4.54. The topological polar surface area (TPSA) is 38.1 Å². The maximum Gasteiger partial charge on any atom is 0.348 e. The van der Waals surface area contributed by atoms with Gasteiger partial charge in [-0.15, -0.1) is 11.8 Å². The summed E-state index contributed by atoms with van der Waals surface area (Å²) in [5.74, 6) is 0.291. The summed E-state index contributed by atoms with van der Waals surface area (Å²) in [4.78, 5) is 19.3. The van der Waals surface area contributed by atoms with Crippen molar-refractivity contribution >= 4 is 11.8 Å². The lowest BCUT2D eigenvalue weighted by Crippen LogP contribution is -2.33. The maximum atomic E-state index is 13.8. The molecule has 1 heterocycles. The summed E-state index contributed by atoms with van der Waals surface area (Å²) >= 11 is 1.47. The van der Waals surface area contributed by atoms with Crippen LogP contribution in [0, 0.1) is 5.82 Å². The van der Waals surface area contributed by atoms with Crippen molar-refractivity contribution in [2.75, 3.05) is 19.6 Å². The molecule has 4 nitrogen and oxygen atoms in total. The predicted molar refractivity (Wildman–Crippen MR) is 104 cm³/mol. The van der Waals surface area contributed by atoms with E-state index in [1.165, 1.54) is 23.4 Å². The lowest BCUT2D eigenvalue weighted by Gasteiger charge is -2.20. The van der Waals surface area contributed by atoms with Gasteiger partial charge in [0, 0.05) is 30.1 Å². The Bertz CT molecular complexity index is 817. The molecule has 0 aliphatic heterocycles. The highest BCUT2D eigenvalue weighted by Gasteiger charge is 2.22. The molecule has 0 saturated heterocycles. The molecule has 1 aromatic heterocycles. The van der Waals surface area contributed by atoms with Gasteiger partial charge in [0.1, 0.15) is 10.8 Å². The molecule has 0 fully saturated rings. The first-order valence-corrected chi connectivity index (χ1v) is 10.3. The Hall–Kier alpha value is -1.66. The molecular weight excluding hydrogens is 349 g/mol. The largest absolute Gasteiger partial charge is 0.348 e. The summed E-state index contributed by atoms with van der Waals surface area (Å²) in [6.45, 7) is 7.79. The number of fused-ring (bicyclic) bond motifs is 1. The number of hydrogen-bond acceptors (Lipinski definition) is 4. The summed E-state index contributed by atoms with van der Waals surface area (Å²) < 4.78 is 15.7. The van der Waals surface area contributed by atoms with Gasteiger partial charge in [-0.2, -0.15) is 4.98 Å². The van der Waals surface area contributed by atoms with Crippen LogP contribution in [0.3, 0.4) is 0 Å². The minimum atomic E-state index is -0.204. The van der Waals surface area contributed by atoms with E-state index >= 15 is 0 Å². The summed E-state index contributed by atoms with van der Waals surface area (Å²) in [5.41, 5.74) is 2.80. The second-order valence-corrected chi connectivity index (χ2v) is 7.50. The van der Waals surface area contributed by atoms with Crippen LogP contribution in [-0.2, 0) is 25.1 Å². The zero-order valence-electron chi connectivity index (χ0n) is 15.5. The zero-order chi connectivity index (χ0) is 18.5. The average Bonchev–Trinajstić information content (AvgIpc) is 3.13. The molecule has 1 aromatic carbocycles. The Morgan fingerprint density at radius 3 is 2.73 bits per heavy atom. The van der Waals surface area contributed by atoms with Gasteiger partial charge in [0.15, 0.2) is 0 Å². The van der Waals surface area contributed by atoms with Crippen molar-refractivity contribution in [3.63, 3.8) is 0 Å². The molecule has 0 N–H and O–H groups in total. The van der Waals surface area contributed by atoms with E-state index in [-0.39, 0.29) is 11.5 Å². The van der Waals surface area contributed by atoms with Crippen molar-refractivity contribution in [2.45, 2.75) is 50.4 Å². The SMILES string of the molecule is CCN(CC)CCn1c2c(c(SCc3ccccc3F)nc1=O)CCC2. The Balaban J connectivity index is 1.81. The van der Waals surface area contributed by atoms with Gasteiger partial charge in [-0.25, -0.2) is 9.18 Å². The van der Waals surface area contributed by atoms with Gasteiger partial charge in [-0.3, -0.25) is 4.57 Å². The maximum absolute atomic E-state index is 13.8. The highest BCUT2D eigenvalue weighted by atomic mass is 32.2. The smallest absolute Gasteiger partial charge is 0.302 e. The van der Waals surface area contributed by atoms with Gasteiger partial charge < -0.3 is 4.90 Å². The average molecular weight is 376 g/mol. The molecule has 1 aliphatic carbocycles. The highest BCUT2D eigenvalue weighted by Crippen LogP contribution is 2.31. The molecule has 0 atom stereocenters. The summed E-state index contributed by atoms with van der Waals surface area (Å²) in [7, 11) is 0. The number of benzene rings is 1. The fourth-order valence-electron chi connectivity index (χ4n) is 3.48. The van der Waals surface area contributed by atoms with E-state index in [4.69, 9.17) is 0 Å². The molecule has 140 valence electrons. The summed E-state index contributed by atoms with van der Waals surface area (Å²) in [5, 5.41) is 0.782. The molecule has 0 unspecified atom stereocenters. The number of hydrogen-bond donors (Lipinski definition) is 0. The monoisotopic (exact) mass is 375 g/mol. The van der Waals surface area contributed by atoms with Gasteiger partial charge in [0.25, 0.3) is 0 Å². The first kappa shape index (κ1) is 19.1. The zero-order valence-corrected chi connectivity index (χ0v) is 16.3. The minimum Gasteiger partial charge on any atom is -0.302 e. The van der Waals surface area contributed by atoms with Gasteiger partial charge in [0.05, 0.1) is 0 Å². The van der Waals surface area contributed by atoms with Crippen molar-refractivity contribution in [3.8, 4) is 0 Å². The molecular formula is C20H26FN3OS. The number of aromatic nitrogens is 2. The minimum absolute atomic E-state index is 0.172. The molecule has 0 bridgehead atoms. The van der Waals surface area contributed by atoms with Gasteiger partial charge >= 0.3 is 5.69 Å². The lowest BCUT2D eigenvalue weighted by molar-refractivity contribution is 0.286. The molecule has 3 rings (SSSR count). The van der Waals surface area contributed by atoms with E-state index in [1.54, 1.807) is 12.1 Å². The van der Waals surface area contributed by atoms with Crippen molar-refractivity contribution in [1.82, 2.24) is 14.5 Å². The third kappa shape index (κ3) is 4.18. The molecule has 2 aromatic rings. The third-order valence-electron chi connectivity index (χ3n) is 5.06.